The zero-order chi connectivity index (χ0) is 12.3. The van der Waals surface area contributed by atoms with Crippen molar-refractivity contribution < 1.29 is 4.79 Å². The zero-order valence-electron chi connectivity index (χ0n) is 9.50. The third-order valence-corrected chi connectivity index (χ3v) is 2.40. The smallest absolute Gasteiger partial charge is 0.159 e. The van der Waals surface area contributed by atoms with Crippen LogP contribution < -0.4 is 5.73 Å². The second-order valence-electron chi connectivity index (χ2n) is 3.65. The number of hydrogen-bond acceptors (Lipinski definition) is 5. The first-order valence-electron chi connectivity index (χ1n) is 5.31. The number of ketones is 1. The molecule has 2 aromatic rings. The maximum absolute atomic E-state index is 11.3. The fourth-order valence-corrected chi connectivity index (χ4v) is 1.55. The highest BCUT2D eigenvalue weighted by atomic mass is 16.1. The number of nitrogens with two attached hydrogens (primary N) is 1. The average molecular weight is 231 g/mol. The lowest BCUT2D eigenvalue weighted by Gasteiger charge is -2.04. The monoisotopic (exact) mass is 231 g/mol. The topological polar surface area (TPSA) is 86.7 Å². The van der Waals surface area contributed by atoms with Gasteiger partial charge in [0.05, 0.1) is 5.69 Å². The van der Waals surface area contributed by atoms with Crippen LogP contribution in [0.5, 0.6) is 0 Å². The van der Waals surface area contributed by atoms with E-state index in [1.807, 2.05) is 6.07 Å². The standard InChI is InChI=1S/C11H13N5O/c1-8(17)9-3-2-4-10(7-9)16-11(5-6-12)13-14-15-16/h2-4,7H,5-6,12H2,1H3. The van der Waals surface area contributed by atoms with E-state index in [0.29, 0.717) is 24.4 Å². The van der Waals surface area contributed by atoms with E-state index in [1.165, 1.54) is 6.92 Å². The van der Waals surface area contributed by atoms with Crippen LogP contribution in [0.1, 0.15) is 23.1 Å². The Bertz CT molecular complexity index is 534. The molecule has 0 aliphatic heterocycles. The second kappa shape index (κ2) is 4.84. The molecule has 0 bridgehead atoms. The van der Waals surface area contributed by atoms with Crippen LogP contribution >= 0.6 is 0 Å². The van der Waals surface area contributed by atoms with E-state index in [9.17, 15) is 4.79 Å². The number of Topliss-reactive ketones (excluding diaryl/α,β-unsaturated/α-hetero) is 1. The first-order chi connectivity index (χ1) is 8.22. The molecule has 0 spiro atoms. The van der Waals surface area contributed by atoms with Crippen LogP contribution in [0.2, 0.25) is 0 Å². The molecule has 0 saturated carbocycles. The number of rotatable bonds is 4. The Kier molecular flexibility index (Phi) is 3.24. The van der Waals surface area contributed by atoms with Crippen molar-refractivity contribution in [3.63, 3.8) is 0 Å². The van der Waals surface area contributed by atoms with E-state index in [1.54, 1.807) is 22.9 Å². The summed E-state index contributed by atoms with van der Waals surface area (Å²) in [5, 5.41) is 11.4. The van der Waals surface area contributed by atoms with Gasteiger partial charge >= 0.3 is 0 Å². The molecule has 88 valence electrons. The SMILES string of the molecule is CC(=O)c1cccc(-n2nnnc2CCN)c1. The molecule has 2 rings (SSSR count). The van der Waals surface area contributed by atoms with E-state index < -0.39 is 0 Å². The van der Waals surface area contributed by atoms with E-state index in [-0.39, 0.29) is 5.78 Å². The van der Waals surface area contributed by atoms with Crippen LogP contribution in [0.3, 0.4) is 0 Å². The molecule has 0 unspecified atom stereocenters. The minimum atomic E-state index is 0.0142. The normalized spacial score (nSPS) is 10.5. The minimum Gasteiger partial charge on any atom is -0.330 e. The predicted octanol–water partition coefficient (Wildman–Crippen LogP) is 0.366. The summed E-state index contributed by atoms with van der Waals surface area (Å²) in [6.45, 7) is 2.01. The highest BCUT2D eigenvalue weighted by molar-refractivity contribution is 5.94. The van der Waals surface area contributed by atoms with E-state index in [0.717, 1.165) is 5.69 Å². The number of carbonyl (C=O) groups is 1. The number of benzene rings is 1. The molecule has 1 heterocycles. The van der Waals surface area contributed by atoms with Crippen LogP contribution in [0, 0.1) is 0 Å². The summed E-state index contributed by atoms with van der Waals surface area (Å²) >= 11 is 0. The highest BCUT2D eigenvalue weighted by Crippen LogP contribution is 2.11. The van der Waals surface area contributed by atoms with Gasteiger partial charge in [0.2, 0.25) is 0 Å². The molecule has 0 atom stereocenters. The van der Waals surface area contributed by atoms with Gasteiger partial charge in [-0.25, -0.2) is 0 Å². The largest absolute Gasteiger partial charge is 0.330 e. The number of carbonyl (C=O) groups excluding carboxylic acids is 1. The molecule has 0 aliphatic carbocycles. The highest BCUT2D eigenvalue weighted by Gasteiger charge is 2.08. The first kappa shape index (κ1) is 11.4. The van der Waals surface area contributed by atoms with Crippen LogP contribution in [0.15, 0.2) is 24.3 Å². The molecular formula is C11H13N5O. The van der Waals surface area contributed by atoms with Gasteiger partial charge in [-0.1, -0.05) is 12.1 Å². The third kappa shape index (κ3) is 2.36. The lowest BCUT2D eigenvalue weighted by atomic mass is 10.1. The van der Waals surface area contributed by atoms with E-state index >= 15 is 0 Å². The summed E-state index contributed by atoms with van der Waals surface area (Å²) in [5.41, 5.74) is 6.89. The van der Waals surface area contributed by atoms with Gasteiger partial charge in [0, 0.05) is 12.0 Å². The molecule has 0 fully saturated rings. The van der Waals surface area contributed by atoms with Gasteiger partial charge in [-0.3, -0.25) is 4.79 Å². The summed E-state index contributed by atoms with van der Waals surface area (Å²) in [4.78, 5) is 11.3. The van der Waals surface area contributed by atoms with E-state index in [4.69, 9.17) is 5.73 Å². The first-order valence-corrected chi connectivity index (χ1v) is 5.31. The molecule has 1 aromatic carbocycles. The Balaban J connectivity index is 2.42. The molecule has 2 N–H and O–H groups in total. The van der Waals surface area contributed by atoms with Gasteiger partial charge in [-0.2, -0.15) is 4.68 Å². The second-order valence-corrected chi connectivity index (χ2v) is 3.65. The van der Waals surface area contributed by atoms with Crippen molar-refractivity contribution in [1.29, 1.82) is 0 Å². The van der Waals surface area contributed by atoms with Gasteiger partial charge in [-0.05, 0) is 36.0 Å². The van der Waals surface area contributed by atoms with Crippen molar-refractivity contribution in [3.8, 4) is 5.69 Å². The Labute approximate surface area is 98.4 Å². The maximum Gasteiger partial charge on any atom is 0.159 e. The fraction of sp³-hybridized carbons (Fsp3) is 0.273. The van der Waals surface area contributed by atoms with Crippen molar-refractivity contribution in [2.24, 2.45) is 5.73 Å². The van der Waals surface area contributed by atoms with E-state index in [2.05, 4.69) is 15.5 Å². The predicted molar refractivity (Wildman–Crippen MR) is 61.9 cm³/mol. The Hall–Kier alpha value is -2.08. The van der Waals surface area contributed by atoms with Crippen LogP contribution in [0.4, 0.5) is 0 Å². The van der Waals surface area contributed by atoms with Gasteiger partial charge in [0.15, 0.2) is 11.6 Å². The Morgan fingerprint density at radius 1 is 1.47 bits per heavy atom. The number of aromatic nitrogens is 4. The quantitative estimate of drug-likeness (QED) is 0.768. The number of tetrazole rings is 1. The molecule has 1 aromatic heterocycles. The molecular weight excluding hydrogens is 218 g/mol. The molecule has 17 heavy (non-hydrogen) atoms. The van der Waals surface area contributed by atoms with Crippen molar-refractivity contribution in [3.05, 3.63) is 35.7 Å². The Morgan fingerprint density at radius 2 is 2.29 bits per heavy atom. The average Bonchev–Trinajstić information content (AvgIpc) is 2.78. The van der Waals surface area contributed by atoms with Gasteiger partial charge in [0.25, 0.3) is 0 Å². The third-order valence-electron chi connectivity index (χ3n) is 2.40. The lowest BCUT2D eigenvalue weighted by Crippen LogP contribution is -2.10. The van der Waals surface area contributed by atoms with Crippen LogP contribution in [-0.4, -0.2) is 32.5 Å². The Morgan fingerprint density at radius 3 is 3.00 bits per heavy atom. The van der Waals surface area contributed by atoms with Crippen molar-refractivity contribution in [2.75, 3.05) is 6.54 Å². The molecule has 0 saturated heterocycles. The molecule has 6 heteroatoms. The summed E-state index contributed by atoms with van der Waals surface area (Å²) in [6.07, 6.45) is 0.595. The molecule has 6 nitrogen and oxygen atoms in total. The van der Waals surface area contributed by atoms with Crippen LogP contribution in [0.25, 0.3) is 5.69 Å². The van der Waals surface area contributed by atoms with Crippen molar-refractivity contribution >= 4 is 5.78 Å². The number of nitrogens with zero attached hydrogens (tertiary/aromatic N) is 4. The lowest BCUT2D eigenvalue weighted by molar-refractivity contribution is 0.101. The number of hydrogen-bond donors (Lipinski definition) is 1. The van der Waals surface area contributed by atoms with Gasteiger partial charge in [0.1, 0.15) is 0 Å². The summed E-state index contributed by atoms with van der Waals surface area (Å²) in [5.74, 6) is 0.702. The fourth-order valence-electron chi connectivity index (χ4n) is 1.55. The van der Waals surface area contributed by atoms with Crippen molar-refractivity contribution in [2.45, 2.75) is 13.3 Å². The molecule has 0 amide bonds. The molecule has 0 aliphatic rings. The minimum absolute atomic E-state index is 0.0142. The summed E-state index contributed by atoms with van der Waals surface area (Å²) in [6, 6.07) is 7.18. The zero-order valence-corrected chi connectivity index (χ0v) is 9.50. The molecule has 0 radical (unpaired) electrons. The van der Waals surface area contributed by atoms with Crippen molar-refractivity contribution in [1.82, 2.24) is 20.2 Å². The van der Waals surface area contributed by atoms with Gasteiger partial charge < -0.3 is 5.73 Å². The maximum atomic E-state index is 11.3. The van der Waals surface area contributed by atoms with Gasteiger partial charge in [-0.15, -0.1) is 5.10 Å². The van der Waals surface area contributed by atoms with Crippen LogP contribution in [-0.2, 0) is 6.42 Å². The summed E-state index contributed by atoms with van der Waals surface area (Å²) in [7, 11) is 0. The summed E-state index contributed by atoms with van der Waals surface area (Å²) < 4.78 is 1.60.